The van der Waals surface area contributed by atoms with E-state index in [2.05, 4.69) is 5.32 Å². The molecule has 0 aromatic heterocycles. The predicted molar refractivity (Wildman–Crippen MR) is 93.1 cm³/mol. The molecule has 2 amide bonds. The molecule has 0 unspecified atom stereocenters. The second-order valence-corrected chi connectivity index (χ2v) is 6.11. The number of ether oxygens (including phenoxy) is 1. The summed E-state index contributed by atoms with van der Waals surface area (Å²) in [7, 11) is 1.60. The Balaban J connectivity index is 2.25. The van der Waals surface area contributed by atoms with E-state index < -0.39 is 6.04 Å². The number of hydrogen-bond acceptors (Lipinski definition) is 4. The fourth-order valence-corrected chi connectivity index (χ4v) is 2.96. The van der Waals surface area contributed by atoms with E-state index in [1.54, 1.807) is 18.0 Å². The highest BCUT2D eigenvalue weighted by atomic mass is 16.5. The number of carbonyl (C=O) groups excluding carboxylic acids is 2. The van der Waals surface area contributed by atoms with Gasteiger partial charge in [-0.2, -0.15) is 0 Å². The number of amides is 2. The summed E-state index contributed by atoms with van der Waals surface area (Å²) in [5, 5.41) is 2.66. The minimum atomic E-state index is -0.408. The molecule has 1 heterocycles. The first-order chi connectivity index (χ1) is 11.6. The van der Waals surface area contributed by atoms with Gasteiger partial charge >= 0.3 is 0 Å². The number of rotatable bonds is 6. The minimum absolute atomic E-state index is 0.110. The van der Waals surface area contributed by atoms with Crippen LogP contribution in [-0.2, 0) is 4.79 Å². The maximum atomic E-state index is 13.0. The topological polar surface area (TPSA) is 84.7 Å². The molecule has 1 aromatic carbocycles. The van der Waals surface area contributed by atoms with Crippen molar-refractivity contribution in [2.24, 2.45) is 5.73 Å². The fraction of sp³-hybridized carbons (Fsp3) is 0.556. The van der Waals surface area contributed by atoms with Crippen LogP contribution in [-0.4, -0.2) is 49.5 Å². The molecule has 132 valence electrons. The van der Waals surface area contributed by atoms with Crippen molar-refractivity contribution in [3.63, 3.8) is 0 Å². The molecule has 0 bridgehead atoms. The average Bonchev–Trinajstić information content (AvgIpc) is 2.61. The first-order valence-electron chi connectivity index (χ1n) is 8.54. The Morgan fingerprint density at radius 3 is 2.88 bits per heavy atom. The fourth-order valence-electron chi connectivity index (χ4n) is 2.96. The quantitative estimate of drug-likeness (QED) is 0.772. The first kappa shape index (κ1) is 18.3. The monoisotopic (exact) mass is 333 g/mol. The predicted octanol–water partition coefficient (Wildman–Crippen LogP) is 1.46. The molecular formula is C18H27N3O3. The lowest BCUT2D eigenvalue weighted by Gasteiger charge is -2.34. The molecule has 0 saturated carbocycles. The van der Waals surface area contributed by atoms with Gasteiger partial charge in [0.25, 0.3) is 5.91 Å². The van der Waals surface area contributed by atoms with Gasteiger partial charge in [0, 0.05) is 13.6 Å². The summed E-state index contributed by atoms with van der Waals surface area (Å²) in [4.78, 5) is 26.8. The summed E-state index contributed by atoms with van der Waals surface area (Å²) in [5.41, 5.74) is 7.04. The normalized spacial score (nSPS) is 17.5. The van der Waals surface area contributed by atoms with Gasteiger partial charge in [-0.1, -0.05) is 6.07 Å². The highest BCUT2D eigenvalue weighted by Crippen LogP contribution is 2.26. The number of likely N-dealkylation sites (tertiary alicyclic amines) is 1. The molecule has 1 saturated heterocycles. The summed E-state index contributed by atoms with van der Waals surface area (Å²) < 4.78 is 5.76. The minimum Gasteiger partial charge on any atom is -0.493 e. The zero-order valence-corrected chi connectivity index (χ0v) is 14.5. The number of aryl methyl sites for hydroxylation is 1. The van der Waals surface area contributed by atoms with Gasteiger partial charge in [0.05, 0.1) is 12.2 Å². The molecule has 2 rings (SSSR count). The van der Waals surface area contributed by atoms with Crippen LogP contribution < -0.4 is 15.8 Å². The van der Waals surface area contributed by atoms with Crippen molar-refractivity contribution in [3.8, 4) is 5.75 Å². The lowest BCUT2D eigenvalue weighted by molar-refractivity contribution is -0.126. The van der Waals surface area contributed by atoms with Gasteiger partial charge in [0.1, 0.15) is 11.8 Å². The number of piperidine rings is 1. The van der Waals surface area contributed by atoms with Crippen molar-refractivity contribution in [1.29, 1.82) is 0 Å². The van der Waals surface area contributed by atoms with Crippen molar-refractivity contribution in [2.75, 3.05) is 26.7 Å². The standard InChI is InChI=1S/C18H27N3O3/c1-13-7-8-14(16(12-13)24-11-5-9-19)18(23)21-10-4-3-6-15(21)17(22)20-2/h7-8,12,15H,3-6,9-11,19H2,1-2H3,(H,20,22)/t15-/m1/s1. The zero-order chi connectivity index (χ0) is 17.5. The third-order valence-electron chi connectivity index (χ3n) is 4.29. The molecule has 1 fully saturated rings. The smallest absolute Gasteiger partial charge is 0.258 e. The number of nitrogens with zero attached hydrogens (tertiary/aromatic N) is 1. The van der Waals surface area contributed by atoms with Crippen LogP contribution in [0.3, 0.4) is 0 Å². The van der Waals surface area contributed by atoms with E-state index in [0.717, 1.165) is 24.8 Å². The van der Waals surface area contributed by atoms with Gasteiger partial charge < -0.3 is 20.7 Å². The largest absolute Gasteiger partial charge is 0.493 e. The lowest BCUT2D eigenvalue weighted by atomic mass is 9.99. The molecule has 1 aromatic rings. The number of carbonyl (C=O) groups is 2. The van der Waals surface area contributed by atoms with Crippen LogP contribution in [0.25, 0.3) is 0 Å². The molecule has 0 radical (unpaired) electrons. The lowest BCUT2D eigenvalue weighted by Crippen LogP contribution is -2.51. The van der Waals surface area contributed by atoms with E-state index in [1.165, 1.54) is 0 Å². The van der Waals surface area contributed by atoms with Gasteiger partial charge in [0.15, 0.2) is 0 Å². The Hall–Kier alpha value is -2.08. The highest BCUT2D eigenvalue weighted by molar-refractivity contribution is 5.99. The molecule has 0 spiro atoms. The Morgan fingerprint density at radius 2 is 2.17 bits per heavy atom. The Labute approximate surface area is 143 Å². The number of likely N-dealkylation sites (N-methyl/N-ethyl adjacent to an activating group) is 1. The van der Waals surface area contributed by atoms with Crippen molar-refractivity contribution < 1.29 is 14.3 Å². The molecule has 0 aliphatic carbocycles. The van der Waals surface area contributed by atoms with E-state index in [1.807, 2.05) is 19.1 Å². The van der Waals surface area contributed by atoms with Crippen LogP contribution >= 0.6 is 0 Å². The summed E-state index contributed by atoms with van der Waals surface area (Å²) in [5.74, 6) is 0.307. The third kappa shape index (κ3) is 4.26. The highest BCUT2D eigenvalue weighted by Gasteiger charge is 2.33. The Morgan fingerprint density at radius 1 is 1.38 bits per heavy atom. The van der Waals surface area contributed by atoms with Crippen LogP contribution in [0, 0.1) is 6.92 Å². The summed E-state index contributed by atoms with van der Waals surface area (Å²) in [6.07, 6.45) is 3.29. The number of hydrogen-bond donors (Lipinski definition) is 2. The molecular weight excluding hydrogens is 306 g/mol. The van der Waals surface area contributed by atoms with Crippen LogP contribution in [0.15, 0.2) is 18.2 Å². The number of nitrogens with one attached hydrogen (secondary N) is 1. The number of benzene rings is 1. The molecule has 1 atom stereocenters. The summed E-state index contributed by atoms with van der Waals surface area (Å²) in [6.45, 7) is 3.56. The van der Waals surface area contributed by atoms with Crippen molar-refractivity contribution in [2.45, 2.75) is 38.6 Å². The molecule has 1 aliphatic heterocycles. The van der Waals surface area contributed by atoms with E-state index in [9.17, 15) is 9.59 Å². The van der Waals surface area contributed by atoms with Crippen LogP contribution in [0.2, 0.25) is 0 Å². The van der Waals surface area contributed by atoms with E-state index in [0.29, 0.717) is 37.4 Å². The van der Waals surface area contributed by atoms with Crippen LogP contribution in [0.4, 0.5) is 0 Å². The SMILES string of the molecule is CNC(=O)[C@H]1CCCCN1C(=O)c1ccc(C)cc1OCCCN. The van der Waals surface area contributed by atoms with Gasteiger partial charge in [0.2, 0.25) is 5.91 Å². The Kier molecular flexibility index (Phi) is 6.61. The number of nitrogens with two attached hydrogens (primary N) is 1. The molecule has 1 aliphatic rings. The van der Waals surface area contributed by atoms with Crippen LogP contribution in [0.5, 0.6) is 5.75 Å². The second-order valence-electron chi connectivity index (χ2n) is 6.11. The molecule has 6 nitrogen and oxygen atoms in total. The van der Waals surface area contributed by atoms with Crippen molar-refractivity contribution >= 4 is 11.8 Å². The molecule has 6 heteroatoms. The second kappa shape index (κ2) is 8.68. The summed E-state index contributed by atoms with van der Waals surface area (Å²) >= 11 is 0. The van der Waals surface area contributed by atoms with E-state index >= 15 is 0 Å². The van der Waals surface area contributed by atoms with Crippen molar-refractivity contribution in [1.82, 2.24) is 10.2 Å². The van der Waals surface area contributed by atoms with Gasteiger partial charge in [-0.25, -0.2) is 0 Å². The molecule has 24 heavy (non-hydrogen) atoms. The van der Waals surface area contributed by atoms with Crippen LogP contribution in [0.1, 0.15) is 41.6 Å². The van der Waals surface area contributed by atoms with Gasteiger partial charge in [-0.3, -0.25) is 9.59 Å². The summed E-state index contributed by atoms with van der Waals surface area (Å²) in [6, 6.07) is 5.13. The van der Waals surface area contributed by atoms with Gasteiger partial charge in [-0.05, 0) is 56.8 Å². The maximum Gasteiger partial charge on any atom is 0.258 e. The van der Waals surface area contributed by atoms with E-state index in [-0.39, 0.29) is 11.8 Å². The van der Waals surface area contributed by atoms with Crippen molar-refractivity contribution in [3.05, 3.63) is 29.3 Å². The molecule has 3 N–H and O–H groups in total. The Bertz CT molecular complexity index is 589. The zero-order valence-electron chi connectivity index (χ0n) is 14.5. The average molecular weight is 333 g/mol. The van der Waals surface area contributed by atoms with Gasteiger partial charge in [-0.15, -0.1) is 0 Å². The van der Waals surface area contributed by atoms with E-state index in [4.69, 9.17) is 10.5 Å². The third-order valence-corrected chi connectivity index (χ3v) is 4.29. The maximum absolute atomic E-state index is 13.0. The first-order valence-corrected chi connectivity index (χ1v) is 8.54.